The smallest absolute Gasteiger partial charge is 0.250 e. The van der Waals surface area contributed by atoms with Gasteiger partial charge in [-0.1, -0.05) is 0 Å². The van der Waals surface area contributed by atoms with E-state index in [0.717, 1.165) is 25.5 Å². The molecule has 0 spiro atoms. The number of carbonyl (C=O) groups excluding carboxylic acids is 1. The lowest BCUT2D eigenvalue weighted by molar-refractivity contribution is -0.117. The molecule has 2 aliphatic rings. The Labute approximate surface area is 177 Å². The number of carbonyl (C=O) groups is 1. The third-order valence-corrected chi connectivity index (χ3v) is 5.52. The minimum atomic E-state index is -0.572. The summed E-state index contributed by atoms with van der Waals surface area (Å²) in [6.07, 6.45) is 9.56. The number of nitrogens with one attached hydrogen (secondary N) is 1. The number of halogens is 1. The van der Waals surface area contributed by atoms with Gasteiger partial charge in [0, 0.05) is 37.3 Å². The second-order valence-corrected chi connectivity index (χ2v) is 7.95. The fourth-order valence-corrected chi connectivity index (χ4v) is 3.72. The van der Waals surface area contributed by atoms with Crippen LogP contribution in [0.25, 0.3) is 11.3 Å². The van der Waals surface area contributed by atoms with Gasteiger partial charge in [-0.05, 0) is 37.3 Å². The number of hydrogen-bond acceptors (Lipinski definition) is 6. The van der Waals surface area contributed by atoms with Crippen molar-refractivity contribution in [2.75, 3.05) is 16.8 Å². The first-order chi connectivity index (χ1) is 15.1. The molecule has 2 fully saturated rings. The third kappa shape index (κ3) is 4.16. The lowest BCUT2D eigenvalue weighted by atomic mass is 10.2. The van der Waals surface area contributed by atoms with E-state index in [1.54, 1.807) is 40.2 Å². The van der Waals surface area contributed by atoms with E-state index in [1.807, 2.05) is 0 Å². The second-order valence-electron chi connectivity index (χ2n) is 7.95. The normalized spacial score (nSPS) is 16.0. The minimum Gasteiger partial charge on any atom is -0.323 e. The van der Waals surface area contributed by atoms with Crippen molar-refractivity contribution in [2.24, 2.45) is 5.92 Å². The van der Waals surface area contributed by atoms with E-state index in [4.69, 9.17) is 0 Å². The third-order valence-electron chi connectivity index (χ3n) is 5.52. The highest BCUT2D eigenvalue weighted by Gasteiger charge is 2.23. The summed E-state index contributed by atoms with van der Waals surface area (Å²) in [4.78, 5) is 38.3. The molecule has 158 valence electrons. The van der Waals surface area contributed by atoms with Crippen LogP contribution in [0.2, 0.25) is 0 Å². The summed E-state index contributed by atoms with van der Waals surface area (Å²) in [6.45, 7) is 1.30. The van der Waals surface area contributed by atoms with Crippen LogP contribution in [0.3, 0.4) is 0 Å². The van der Waals surface area contributed by atoms with Crippen molar-refractivity contribution in [3.8, 4) is 11.3 Å². The van der Waals surface area contributed by atoms with Gasteiger partial charge in [-0.3, -0.25) is 14.6 Å². The Hall–Kier alpha value is -3.62. The van der Waals surface area contributed by atoms with Gasteiger partial charge in [0.15, 0.2) is 5.82 Å². The van der Waals surface area contributed by atoms with Crippen molar-refractivity contribution in [1.29, 1.82) is 0 Å². The number of aromatic nitrogens is 4. The van der Waals surface area contributed by atoms with Crippen LogP contribution >= 0.6 is 0 Å². The van der Waals surface area contributed by atoms with Crippen LogP contribution in [-0.2, 0) is 11.3 Å². The van der Waals surface area contributed by atoms with E-state index >= 15 is 0 Å². The Bertz CT molecular complexity index is 1210. The van der Waals surface area contributed by atoms with E-state index in [-0.39, 0.29) is 23.1 Å². The molecule has 1 amide bonds. The molecule has 0 radical (unpaired) electrons. The molecule has 0 unspecified atom stereocenters. The largest absolute Gasteiger partial charge is 0.323 e. The maximum Gasteiger partial charge on any atom is 0.250 e. The van der Waals surface area contributed by atoms with Gasteiger partial charge in [-0.2, -0.15) is 0 Å². The van der Waals surface area contributed by atoms with Gasteiger partial charge in [-0.25, -0.2) is 14.4 Å². The first kappa shape index (κ1) is 19.3. The standard InChI is InChI=1S/C22H21FN6O2/c23-18-11-25-22(26-16-8-17(10-24-9-16)29-7-1-2-20(29)31)27-21(18)15-5-6-19(30)28(13-15)12-14-3-4-14/h5-6,8-11,13-14H,1-4,7,12H2,(H,25,26,27). The zero-order valence-electron chi connectivity index (χ0n) is 16.8. The Balaban J connectivity index is 1.42. The summed E-state index contributed by atoms with van der Waals surface area (Å²) in [6, 6.07) is 4.80. The summed E-state index contributed by atoms with van der Waals surface area (Å²) >= 11 is 0. The molecule has 4 heterocycles. The number of anilines is 3. The van der Waals surface area contributed by atoms with E-state index in [2.05, 4.69) is 20.3 Å². The van der Waals surface area contributed by atoms with Gasteiger partial charge in [0.25, 0.3) is 5.56 Å². The highest BCUT2D eigenvalue weighted by Crippen LogP contribution is 2.31. The molecule has 3 aromatic heterocycles. The molecule has 5 rings (SSSR count). The molecule has 1 aliphatic heterocycles. The molecule has 8 nitrogen and oxygen atoms in total. The van der Waals surface area contributed by atoms with E-state index in [1.165, 1.54) is 6.07 Å². The second kappa shape index (κ2) is 7.90. The van der Waals surface area contributed by atoms with Crippen molar-refractivity contribution in [1.82, 2.24) is 19.5 Å². The summed E-state index contributed by atoms with van der Waals surface area (Å²) < 4.78 is 16.1. The lowest BCUT2D eigenvalue weighted by Crippen LogP contribution is -2.23. The van der Waals surface area contributed by atoms with Crippen molar-refractivity contribution in [3.05, 3.63) is 59.2 Å². The minimum absolute atomic E-state index is 0.0700. The molecule has 3 aromatic rings. The molecule has 1 aliphatic carbocycles. The zero-order chi connectivity index (χ0) is 21.4. The highest BCUT2D eigenvalue weighted by atomic mass is 19.1. The number of pyridine rings is 2. The fourth-order valence-electron chi connectivity index (χ4n) is 3.72. The topological polar surface area (TPSA) is 93.0 Å². The average molecular weight is 420 g/mol. The Morgan fingerprint density at radius 3 is 2.81 bits per heavy atom. The van der Waals surface area contributed by atoms with E-state index in [0.29, 0.717) is 42.4 Å². The maximum absolute atomic E-state index is 14.5. The first-order valence-electron chi connectivity index (χ1n) is 10.3. The molecular weight excluding hydrogens is 399 g/mol. The van der Waals surface area contributed by atoms with Crippen LogP contribution in [0.4, 0.5) is 21.7 Å². The SMILES string of the molecule is O=C1CCCN1c1cncc(Nc2ncc(F)c(-c3ccc(=O)n(CC4CC4)c3)n2)c1. The Kier molecular flexibility index (Phi) is 4.93. The fraction of sp³-hybridized carbons (Fsp3) is 0.318. The number of nitrogens with zero attached hydrogens (tertiary/aromatic N) is 5. The summed E-state index contributed by atoms with van der Waals surface area (Å²) in [5.41, 5.74) is 1.80. The molecular formula is C22H21FN6O2. The van der Waals surface area contributed by atoms with Gasteiger partial charge >= 0.3 is 0 Å². The van der Waals surface area contributed by atoms with Crippen molar-refractivity contribution in [2.45, 2.75) is 32.2 Å². The van der Waals surface area contributed by atoms with Crippen LogP contribution in [0, 0.1) is 11.7 Å². The van der Waals surface area contributed by atoms with Crippen LogP contribution in [0.1, 0.15) is 25.7 Å². The number of hydrogen-bond donors (Lipinski definition) is 1. The number of amides is 1. The Morgan fingerprint density at radius 2 is 2.03 bits per heavy atom. The van der Waals surface area contributed by atoms with Gasteiger partial charge < -0.3 is 14.8 Å². The van der Waals surface area contributed by atoms with E-state index in [9.17, 15) is 14.0 Å². The van der Waals surface area contributed by atoms with Crippen molar-refractivity contribution < 1.29 is 9.18 Å². The van der Waals surface area contributed by atoms with Gasteiger partial charge in [0.1, 0.15) is 5.69 Å². The van der Waals surface area contributed by atoms with Crippen LogP contribution < -0.4 is 15.8 Å². The lowest BCUT2D eigenvalue weighted by Gasteiger charge is -2.16. The first-order valence-corrected chi connectivity index (χ1v) is 10.3. The molecule has 1 saturated heterocycles. The maximum atomic E-state index is 14.5. The predicted molar refractivity (Wildman–Crippen MR) is 114 cm³/mol. The van der Waals surface area contributed by atoms with Crippen molar-refractivity contribution in [3.63, 3.8) is 0 Å². The molecule has 31 heavy (non-hydrogen) atoms. The summed E-state index contributed by atoms with van der Waals surface area (Å²) in [5, 5.41) is 3.03. The number of rotatable bonds is 6. The van der Waals surface area contributed by atoms with Crippen LogP contribution in [0.15, 0.2) is 47.8 Å². The summed E-state index contributed by atoms with van der Waals surface area (Å²) in [5.74, 6) is 0.211. The van der Waals surface area contributed by atoms with E-state index < -0.39 is 5.82 Å². The predicted octanol–water partition coefficient (Wildman–Crippen LogP) is 3.12. The average Bonchev–Trinajstić information content (AvgIpc) is 3.48. The monoisotopic (exact) mass is 420 g/mol. The van der Waals surface area contributed by atoms with Gasteiger partial charge in [-0.15, -0.1) is 0 Å². The molecule has 1 saturated carbocycles. The quantitative estimate of drug-likeness (QED) is 0.659. The molecule has 9 heteroatoms. The van der Waals surface area contributed by atoms with Gasteiger partial charge in [0.2, 0.25) is 11.9 Å². The molecule has 1 N–H and O–H groups in total. The van der Waals surface area contributed by atoms with Crippen molar-refractivity contribution >= 4 is 23.2 Å². The van der Waals surface area contributed by atoms with Gasteiger partial charge in [0.05, 0.1) is 30.0 Å². The van der Waals surface area contributed by atoms with Crippen LogP contribution in [-0.4, -0.2) is 32.0 Å². The zero-order valence-corrected chi connectivity index (χ0v) is 16.8. The molecule has 0 aromatic carbocycles. The summed E-state index contributed by atoms with van der Waals surface area (Å²) in [7, 11) is 0. The Morgan fingerprint density at radius 1 is 1.16 bits per heavy atom. The highest BCUT2D eigenvalue weighted by molar-refractivity contribution is 5.95. The van der Waals surface area contributed by atoms with Crippen LogP contribution in [0.5, 0.6) is 0 Å². The molecule has 0 atom stereocenters. The molecule has 0 bridgehead atoms.